The van der Waals surface area contributed by atoms with Crippen molar-refractivity contribution in [2.75, 3.05) is 19.6 Å². The van der Waals surface area contributed by atoms with Crippen molar-refractivity contribution in [1.82, 2.24) is 15.5 Å². The van der Waals surface area contributed by atoms with Crippen molar-refractivity contribution in [2.24, 2.45) is 0 Å². The first-order valence-corrected chi connectivity index (χ1v) is 5.59. The summed E-state index contributed by atoms with van der Waals surface area (Å²) in [6.45, 7) is 4.85. The number of hydrogen-bond acceptors (Lipinski definition) is 2. The number of rotatable bonds is 3. The molecule has 0 aromatic carbocycles. The highest BCUT2D eigenvalue weighted by Gasteiger charge is 2.29. The van der Waals surface area contributed by atoms with Crippen molar-refractivity contribution < 1.29 is 4.79 Å². The number of carbonyl (C=O) groups excluding carboxylic acids is 1. The van der Waals surface area contributed by atoms with Crippen LogP contribution in [0.3, 0.4) is 0 Å². The first-order valence-electron chi connectivity index (χ1n) is 5.59. The minimum atomic E-state index is 0.128. The summed E-state index contributed by atoms with van der Waals surface area (Å²) >= 11 is 0. The number of hydrogen-bond donors (Lipinski definition) is 2. The lowest BCUT2D eigenvalue weighted by atomic mass is 10.2. The fraction of sp³-hybridized carbons (Fsp3) is 0.900. The summed E-state index contributed by atoms with van der Waals surface area (Å²) in [5, 5.41) is 6.33. The van der Waals surface area contributed by atoms with Crippen molar-refractivity contribution in [2.45, 2.75) is 38.3 Å². The molecule has 14 heavy (non-hydrogen) atoms. The van der Waals surface area contributed by atoms with E-state index in [9.17, 15) is 4.79 Å². The maximum Gasteiger partial charge on any atom is 0.317 e. The zero-order valence-corrected chi connectivity index (χ0v) is 8.75. The molecule has 1 heterocycles. The molecule has 2 rings (SSSR count). The van der Waals surface area contributed by atoms with Gasteiger partial charge in [-0.1, -0.05) is 0 Å². The number of amides is 2. The highest BCUT2D eigenvalue weighted by molar-refractivity contribution is 5.75. The number of carbonyl (C=O) groups is 1. The van der Waals surface area contributed by atoms with E-state index >= 15 is 0 Å². The van der Waals surface area contributed by atoms with Gasteiger partial charge in [-0.15, -0.1) is 0 Å². The molecule has 80 valence electrons. The molecule has 0 aromatic rings. The Morgan fingerprint density at radius 1 is 1.50 bits per heavy atom. The highest BCUT2D eigenvalue weighted by atomic mass is 16.2. The predicted molar refractivity (Wildman–Crippen MR) is 55.2 cm³/mol. The van der Waals surface area contributed by atoms with Crippen LogP contribution in [0.15, 0.2) is 0 Å². The van der Waals surface area contributed by atoms with Gasteiger partial charge in [-0.05, 0) is 32.7 Å². The van der Waals surface area contributed by atoms with Gasteiger partial charge in [-0.2, -0.15) is 0 Å². The Labute approximate surface area is 85.0 Å². The molecule has 4 nitrogen and oxygen atoms in total. The van der Waals surface area contributed by atoms with E-state index in [0.29, 0.717) is 12.1 Å². The van der Waals surface area contributed by atoms with Gasteiger partial charge in [0.2, 0.25) is 0 Å². The standard InChI is InChI=1S/C10H19N3O/c1-2-13(9-5-6-11-7-9)10(14)12-8-3-4-8/h8-9,11H,2-7H2,1H3,(H,12,14). The van der Waals surface area contributed by atoms with Gasteiger partial charge in [0.1, 0.15) is 0 Å². The quantitative estimate of drug-likeness (QED) is 0.693. The van der Waals surface area contributed by atoms with E-state index < -0.39 is 0 Å². The van der Waals surface area contributed by atoms with Crippen molar-refractivity contribution in [3.05, 3.63) is 0 Å². The van der Waals surface area contributed by atoms with Gasteiger partial charge in [0, 0.05) is 25.2 Å². The lowest BCUT2D eigenvalue weighted by molar-refractivity contribution is 0.182. The molecule has 2 aliphatic rings. The third kappa shape index (κ3) is 2.18. The van der Waals surface area contributed by atoms with Crippen LogP contribution in [0.2, 0.25) is 0 Å². The molecule has 2 amide bonds. The molecule has 1 aliphatic carbocycles. The fourth-order valence-electron chi connectivity index (χ4n) is 1.96. The van der Waals surface area contributed by atoms with E-state index in [1.807, 2.05) is 11.8 Å². The van der Waals surface area contributed by atoms with E-state index in [-0.39, 0.29) is 6.03 Å². The van der Waals surface area contributed by atoms with Crippen molar-refractivity contribution in [1.29, 1.82) is 0 Å². The van der Waals surface area contributed by atoms with E-state index in [4.69, 9.17) is 0 Å². The summed E-state index contributed by atoms with van der Waals surface area (Å²) in [5.74, 6) is 0. The topological polar surface area (TPSA) is 44.4 Å². The summed E-state index contributed by atoms with van der Waals surface area (Å²) in [6, 6.07) is 0.994. The Kier molecular flexibility index (Phi) is 2.91. The second-order valence-electron chi connectivity index (χ2n) is 4.16. The van der Waals surface area contributed by atoms with Gasteiger partial charge in [0.25, 0.3) is 0 Å². The molecule has 1 saturated carbocycles. The molecule has 0 aromatic heterocycles. The van der Waals surface area contributed by atoms with Crippen LogP contribution in [0.5, 0.6) is 0 Å². The monoisotopic (exact) mass is 197 g/mol. The maximum atomic E-state index is 11.8. The lowest BCUT2D eigenvalue weighted by Gasteiger charge is -2.27. The van der Waals surface area contributed by atoms with Crippen LogP contribution in [-0.2, 0) is 0 Å². The van der Waals surface area contributed by atoms with Crippen molar-refractivity contribution in [3.8, 4) is 0 Å². The number of likely N-dealkylation sites (N-methyl/N-ethyl adjacent to an activating group) is 1. The molecular formula is C10H19N3O. The first-order chi connectivity index (χ1) is 6.81. The molecule has 4 heteroatoms. The summed E-state index contributed by atoms with van der Waals surface area (Å²) in [6.07, 6.45) is 3.41. The smallest absolute Gasteiger partial charge is 0.317 e. The van der Waals surface area contributed by atoms with E-state index in [1.165, 1.54) is 0 Å². The first kappa shape index (κ1) is 9.77. The van der Waals surface area contributed by atoms with E-state index in [1.54, 1.807) is 0 Å². The summed E-state index contributed by atoms with van der Waals surface area (Å²) in [7, 11) is 0. The maximum absolute atomic E-state index is 11.8. The Bertz CT molecular complexity index is 209. The van der Waals surface area contributed by atoms with Crippen LogP contribution >= 0.6 is 0 Å². The Morgan fingerprint density at radius 3 is 2.79 bits per heavy atom. The largest absolute Gasteiger partial charge is 0.335 e. The second kappa shape index (κ2) is 4.17. The van der Waals surface area contributed by atoms with Crippen LogP contribution in [0.1, 0.15) is 26.2 Å². The van der Waals surface area contributed by atoms with Gasteiger partial charge in [-0.3, -0.25) is 0 Å². The Balaban J connectivity index is 1.85. The van der Waals surface area contributed by atoms with Gasteiger partial charge >= 0.3 is 6.03 Å². The second-order valence-corrected chi connectivity index (χ2v) is 4.16. The van der Waals surface area contributed by atoms with Crippen LogP contribution in [0.4, 0.5) is 4.79 Å². The van der Waals surface area contributed by atoms with Gasteiger partial charge < -0.3 is 15.5 Å². The SMILES string of the molecule is CCN(C(=O)NC1CC1)C1CCNC1. The molecule has 2 fully saturated rings. The summed E-state index contributed by atoms with van der Waals surface area (Å²) < 4.78 is 0. The number of nitrogens with zero attached hydrogens (tertiary/aromatic N) is 1. The Hall–Kier alpha value is -0.770. The molecule has 1 aliphatic heterocycles. The minimum absolute atomic E-state index is 0.128. The van der Waals surface area contributed by atoms with Gasteiger partial charge in [0.15, 0.2) is 0 Å². The Morgan fingerprint density at radius 2 is 2.29 bits per heavy atom. The normalized spacial score (nSPS) is 26.2. The van der Waals surface area contributed by atoms with Crippen LogP contribution in [0, 0.1) is 0 Å². The van der Waals surface area contributed by atoms with Gasteiger partial charge in [-0.25, -0.2) is 4.79 Å². The van der Waals surface area contributed by atoms with E-state index in [0.717, 1.165) is 38.9 Å². The fourth-order valence-corrected chi connectivity index (χ4v) is 1.96. The summed E-state index contributed by atoms with van der Waals surface area (Å²) in [4.78, 5) is 13.8. The minimum Gasteiger partial charge on any atom is -0.335 e. The molecule has 1 saturated heterocycles. The molecule has 0 radical (unpaired) electrons. The van der Waals surface area contributed by atoms with E-state index in [2.05, 4.69) is 10.6 Å². The predicted octanol–water partition coefficient (Wildman–Crippen LogP) is 0.542. The molecule has 1 atom stereocenters. The molecule has 1 unspecified atom stereocenters. The highest BCUT2D eigenvalue weighted by Crippen LogP contribution is 2.19. The van der Waals surface area contributed by atoms with Crippen LogP contribution in [0.25, 0.3) is 0 Å². The van der Waals surface area contributed by atoms with Crippen LogP contribution in [-0.4, -0.2) is 42.6 Å². The molecule has 0 bridgehead atoms. The average Bonchev–Trinajstić information content (AvgIpc) is 2.82. The average molecular weight is 197 g/mol. The van der Waals surface area contributed by atoms with Crippen molar-refractivity contribution in [3.63, 3.8) is 0 Å². The molecule has 2 N–H and O–H groups in total. The van der Waals surface area contributed by atoms with Crippen LogP contribution < -0.4 is 10.6 Å². The van der Waals surface area contributed by atoms with Gasteiger partial charge in [0.05, 0.1) is 0 Å². The lowest BCUT2D eigenvalue weighted by Crippen LogP contribution is -2.47. The summed E-state index contributed by atoms with van der Waals surface area (Å²) in [5.41, 5.74) is 0. The molecular weight excluding hydrogens is 178 g/mol. The van der Waals surface area contributed by atoms with Crippen molar-refractivity contribution >= 4 is 6.03 Å². The third-order valence-electron chi connectivity index (χ3n) is 2.98. The molecule has 0 spiro atoms. The number of urea groups is 1. The third-order valence-corrected chi connectivity index (χ3v) is 2.98. The number of nitrogens with one attached hydrogen (secondary N) is 2. The zero-order chi connectivity index (χ0) is 9.97. The zero-order valence-electron chi connectivity index (χ0n) is 8.75.